The van der Waals surface area contributed by atoms with Gasteiger partial charge in [0, 0.05) is 47.5 Å². The quantitative estimate of drug-likeness (QED) is 0.264. The molecule has 6 nitrogen and oxygen atoms in total. The van der Waals surface area contributed by atoms with Crippen molar-refractivity contribution >= 4 is 57.2 Å². The summed E-state index contributed by atoms with van der Waals surface area (Å²) in [4.78, 5) is 34.2. The van der Waals surface area contributed by atoms with Crippen LogP contribution in [0, 0.1) is 6.92 Å². The molecule has 0 radical (unpaired) electrons. The van der Waals surface area contributed by atoms with E-state index in [2.05, 4.69) is 11.8 Å². The smallest absolute Gasteiger partial charge is 0.259 e. The Morgan fingerprint density at radius 3 is 2.27 bits per heavy atom. The lowest BCUT2D eigenvalue weighted by Gasteiger charge is -2.37. The lowest BCUT2D eigenvalue weighted by molar-refractivity contribution is 0.0746. The Morgan fingerprint density at radius 2 is 1.51 bits per heavy atom. The molecule has 9 heteroatoms. The number of rotatable bonds is 4. The average molecular weight is 605 g/mol. The number of aryl methyl sites for hydroxylation is 1. The van der Waals surface area contributed by atoms with Crippen LogP contribution in [0.5, 0.6) is 0 Å². The minimum absolute atomic E-state index is 0.123. The first kappa shape index (κ1) is 27.5. The molecule has 1 unspecified atom stereocenters. The zero-order valence-corrected chi connectivity index (χ0v) is 24.7. The first-order chi connectivity index (χ1) is 19.8. The molecule has 6 rings (SSSR count). The number of hydrogen-bond donors (Lipinski definition) is 0. The van der Waals surface area contributed by atoms with Gasteiger partial charge in [-0.2, -0.15) is 0 Å². The molecule has 4 aromatic rings. The Labute approximate surface area is 251 Å². The highest BCUT2D eigenvalue weighted by atomic mass is 35.5. The molecule has 2 amide bonds. The fourth-order valence-corrected chi connectivity index (χ4v) is 7.02. The fourth-order valence-electron chi connectivity index (χ4n) is 5.38. The predicted molar refractivity (Wildman–Crippen MR) is 164 cm³/mol. The Hall–Kier alpha value is -3.65. The van der Waals surface area contributed by atoms with Crippen LogP contribution in [0.1, 0.15) is 31.8 Å². The second-order valence-electron chi connectivity index (χ2n) is 10.2. The highest BCUT2D eigenvalue weighted by Crippen LogP contribution is 2.36. The van der Waals surface area contributed by atoms with E-state index >= 15 is 0 Å². The third kappa shape index (κ3) is 5.37. The van der Waals surface area contributed by atoms with E-state index in [-0.39, 0.29) is 18.4 Å². The molecule has 0 aliphatic carbocycles. The molecule has 0 aromatic heterocycles. The topological polar surface area (TPSA) is 60.9 Å². The molecule has 0 bridgehead atoms. The number of piperazine rings is 1. The van der Waals surface area contributed by atoms with Gasteiger partial charge in [0.05, 0.1) is 38.4 Å². The second-order valence-corrected chi connectivity index (χ2v) is 12.5. The normalized spacial score (nSPS) is 16.7. The molecular weight excluding hydrogens is 577 g/mol. The minimum Gasteiger partial charge on any atom is -0.368 e. The van der Waals surface area contributed by atoms with Crippen molar-refractivity contribution < 1.29 is 13.8 Å². The molecule has 2 aliphatic heterocycles. The van der Waals surface area contributed by atoms with Gasteiger partial charge in [0.2, 0.25) is 0 Å². The minimum atomic E-state index is -1.59. The maximum absolute atomic E-state index is 13.9. The van der Waals surface area contributed by atoms with Crippen molar-refractivity contribution in [2.24, 2.45) is 0 Å². The molecule has 0 spiro atoms. The summed E-state index contributed by atoms with van der Waals surface area (Å²) >= 11 is 12.3. The summed E-state index contributed by atoms with van der Waals surface area (Å²) in [7, 11) is -1.59. The van der Waals surface area contributed by atoms with Crippen molar-refractivity contribution in [3.8, 4) is 0 Å². The van der Waals surface area contributed by atoms with Crippen LogP contribution in [0.15, 0.2) is 94.7 Å². The molecule has 0 saturated carbocycles. The van der Waals surface area contributed by atoms with Crippen molar-refractivity contribution in [3.05, 3.63) is 117 Å². The summed E-state index contributed by atoms with van der Waals surface area (Å²) in [5.74, 6) is -0.389. The summed E-state index contributed by atoms with van der Waals surface area (Å²) in [5.41, 5.74) is 4.39. The van der Waals surface area contributed by atoms with Crippen LogP contribution in [0.2, 0.25) is 10.0 Å². The van der Waals surface area contributed by atoms with Crippen molar-refractivity contribution in [1.29, 1.82) is 0 Å². The Bertz CT molecular complexity index is 1680. The Kier molecular flexibility index (Phi) is 7.60. The third-order valence-corrected chi connectivity index (χ3v) is 9.58. The van der Waals surface area contributed by atoms with Crippen LogP contribution in [-0.2, 0) is 17.3 Å². The van der Waals surface area contributed by atoms with E-state index < -0.39 is 10.8 Å². The van der Waals surface area contributed by atoms with Gasteiger partial charge in [-0.05, 0) is 72.6 Å². The van der Waals surface area contributed by atoms with E-state index in [4.69, 9.17) is 23.2 Å². The maximum Gasteiger partial charge on any atom is 0.259 e. The lowest BCUT2D eigenvalue weighted by Crippen LogP contribution is -2.49. The molecule has 41 heavy (non-hydrogen) atoms. The van der Waals surface area contributed by atoms with Crippen LogP contribution >= 0.6 is 23.2 Å². The van der Waals surface area contributed by atoms with Crippen molar-refractivity contribution in [3.63, 3.8) is 0 Å². The predicted octanol–water partition coefficient (Wildman–Crippen LogP) is 6.59. The number of hydrogen-bond acceptors (Lipinski definition) is 4. The van der Waals surface area contributed by atoms with Gasteiger partial charge in [0.15, 0.2) is 0 Å². The van der Waals surface area contributed by atoms with Crippen LogP contribution in [0.3, 0.4) is 0 Å². The zero-order chi connectivity index (χ0) is 28.7. The van der Waals surface area contributed by atoms with E-state index in [1.807, 2.05) is 35.2 Å². The van der Waals surface area contributed by atoms with Gasteiger partial charge >= 0.3 is 0 Å². The van der Waals surface area contributed by atoms with E-state index in [1.165, 1.54) is 0 Å². The number of nitrogens with zero attached hydrogens (tertiary/aromatic N) is 3. The summed E-state index contributed by atoms with van der Waals surface area (Å²) in [5, 5.41) is 1.28. The number of benzene rings is 4. The van der Waals surface area contributed by atoms with Gasteiger partial charge in [-0.15, -0.1) is 0 Å². The first-order valence-electron chi connectivity index (χ1n) is 13.3. The number of halogens is 2. The van der Waals surface area contributed by atoms with Crippen LogP contribution in [0.4, 0.5) is 11.4 Å². The molecule has 1 saturated heterocycles. The third-order valence-electron chi connectivity index (χ3n) is 7.59. The molecule has 4 aromatic carbocycles. The highest BCUT2D eigenvalue weighted by Gasteiger charge is 2.32. The van der Waals surface area contributed by atoms with Gasteiger partial charge in [0.1, 0.15) is 0 Å². The fraction of sp³-hybridized carbons (Fsp3) is 0.188. The summed E-state index contributed by atoms with van der Waals surface area (Å²) < 4.78 is 13.7. The molecular formula is C32H27Cl2N3O3S. The monoisotopic (exact) mass is 603 g/mol. The van der Waals surface area contributed by atoms with Gasteiger partial charge in [-0.3, -0.25) is 9.59 Å². The van der Waals surface area contributed by atoms with Gasteiger partial charge in [0.25, 0.3) is 11.8 Å². The number of carbonyl (C=O) groups excluding carboxylic acids is 2. The number of anilines is 2. The molecule has 208 valence electrons. The number of amides is 2. The van der Waals surface area contributed by atoms with E-state index in [0.717, 1.165) is 16.8 Å². The van der Waals surface area contributed by atoms with Crippen LogP contribution in [-0.4, -0.2) is 47.1 Å². The summed E-state index contributed by atoms with van der Waals surface area (Å²) in [6.45, 7) is 4.75. The Balaban J connectivity index is 1.31. The average Bonchev–Trinajstić information content (AvgIpc) is 3.08. The second kappa shape index (κ2) is 11.3. The summed E-state index contributed by atoms with van der Waals surface area (Å²) in [6.07, 6.45) is 0. The van der Waals surface area contributed by atoms with E-state index in [0.29, 0.717) is 62.8 Å². The zero-order valence-electron chi connectivity index (χ0n) is 22.3. The molecule has 2 heterocycles. The van der Waals surface area contributed by atoms with Crippen molar-refractivity contribution in [2.45, 2.75) is 23.3 Å². The van der Waals surface area contributed by atoms with Gasteiger partial charge in [-0.25, -0.2) is 4.21 Å². The Morgan fingerprint density at radius 1 is 0.805 bits per heavy atom. The number of fused-ring (bicyclic) bond motifs is 2. The maximum atomic E-state index is 13.9. The summed E-state index contributed by atoms with van der Waals surface area (Å²) in [6, 6.07) is 25.2. The van der Waals surface area contributed by atoms with E-state index in [1.54, 1.807) is 59.5 Å². The van der Waals surface area contributed by atoms with Crippen LogP contribution < -0.4 is 9.80 Å². The molecule has 2 aliphatic rings. The van der Waals surface area contributed by atoms with E-state index in [9.17, 15) is 13.8 Å². The van der Waals surface area contributed by atoms with Gasteiger partial charge in [-0.1, -0.05) is 53.5 Å². The van der Waals surface area contributed by atoms with Gasteiger partial charge < -0.3 is 14.7 Å². The van der Waals surface area contributed by atoms with Crippen molar-refractivity contribution in [1.82, 2.24) is 4.90 Å². The molecule has 1 atom stereocenters. The van der Waals surface area contributed by atoms with Crippen LogP contribution in [0.25, 0.3) is 0 Å². The number of carbonyl (C=O) groups is 2. The first-order valence-corrected chi connectivity index (χ1v) is 15.2. The standard InChI is InChI=1S/C32H27Cl2N3O3S/c1-21-6-10-25(34)19-27(21)35-14-16-36(17-15-35)31(38)23-9-13-30-28(18-23)37(20-22-7-11-24(33)12-8-22)32(39)26-4-2-3-5-29(26)41(30)40/h2-13,18-19H,14-17,20H2,1H3. The highest BCUT2D eigenvalue weighted by molar-refractivity contribution is 7.85. The van der Waals surface area contributed by atoms with Crippen molar-refractivity contribution in [2.75, 3.05) is 36.0 Å². The largest absolute Gasteiger partial charge is 0.368 e. The molecule has 0 N–H and O–H groups in total. The lowest BCUT2D eigenvalue weighted by atomic mass is 10.1. The SMILES string of the molecule is Cc1ccc(Cl)cc1N1CCN(C(=O)c2ccc3c(c2)N(Cc2ccc(Cl)cc2)C(=O)c2ccccc2S3=O)CC1. The molecule has 1 fully saturated rings.